The van der Waals surface area contributed by atoms with E-state index >= 15 is 0 Å². The topological polar surface area (TPSA) is 84.2 Å². The smallest absolute Gasteiger partial charge is 0.251 e. The molecule has 0 bridgehead atoms. The van der Waals surface area contributed by atoms with Gasteiger partial charge in [-0.15, -0.1) is 0 Å². The molecule has 0 saturated carbocycles. The van der Waals surface area contributed by atoms with Gasteiger partial charge in [-0.2, -0.15) is 5.10 Å². The number of aliphatic hydroxyl groups excluding tert-OH is 1. The van der Waals surface area contributed by atoms with Gasteiger partial charge in [-0.3, -0.25) is 14.3 Å². The summed E-state index contributed by atoms with van der Waals surface area (Å²) in [5, 5.41) is 18.1. The van der Waals surface area contributed by atoms with E-state index in [4.69, 9.17) is 21.8 Å². The quantitative estimate of drug-likeness (QED) is 0.317. The number of nitrogens with one attached hydrogen (secondary N) is 1. The van der Waals surface area contributed by atoms with Gasteiger partial charge in [-0.25, -0.2) is 0 Å². The van der Waals surface area contributed by atoms with Gasteiger partial charge in [-0.1, -0.05) is 31.9 Å². The van der Waals surface area contributed by atoms with Crippen molar-refractivity contribution in [2.24, 2.45) is 5.92 Å². The Bertz CT molecular complexity index is 1110. The van der Waals surface area contributed by atoms with Crippen LogP contribution in [-0.4, -0.2) is 39.7 Å². The number of ketones is 1. The number of Topliss-reactive ketones (excluding diaryl/α,β-unsaturated/α-hetero) is 1. The second-order valence-electron chi connectivity index (χ2n) is 8.69. The molecule has 34 heavy (non-hydrogen) atoms. The Labute approximate surface area is 206 Å². The van der Waals surface area contributed by atoms with Crippen LogP contribution in [0.3, 0.4) is 0 Å². The zero-order valence-corrected chi connectivity index (χ0v) is 20.8. The Morgan fingerprint density at radius 1 is 1.12 bits per heavy atom. The lowest BCUT2D eigenvalue weighted by Gasteiger charge is -2.16. The van der Waals surface area contributed by atoms with Crippen LogP contribution in [0, 0.1) is 5.92 Å². The van der Waals surface area contributed by atoms with Crippen LogP contribution in [0.1, 0.15) is 72.2 Å². The fourth-order valence-electron chi connectivity index (χ4n) is 4.48. The van der Waals surface area contributed by atoms with Crippen molar-refractivity contribution < 1.29 is 14.7 Å². The minimum absolute atomic E-state index is 0.0858. The molecule has 0 aliphatic rings. The van der Waals surface area contributed by atoms with E-state index in [0.29, 0.717) is 28.5 Å². The highest BCUT2D eigenvalue weighted by Crippen LogP contribution is 2.25. The van der Waals surface area contributed by atoms with Crippen LogP contribution in [-0.2, 0) is 13.0 Å². The van der Waals surface area contributed by atoms with Crippen molar-refractivity contribution >= 4 is 34.2 Å². The molecule has 3 rings (SSSR count). The molecule has 0 radical (unpaired) electrons. The minimum atomic E-state index is -0.172. The van der Waals surface area contributed by atoms with Crippen LogP contribution in [0.2, 0.25) is 5.02 Å². The van der Waals surface area contributed by atoms with E-state index < -0.39 is 0 Å². The monoisotopic (exact) mass is 483 g/mol. The number of hydrogen-bond donors (Lipinski definition) is 2. The number of halogens is 1. The number of rotatable bonds is 13. The van der Waals surface area contributed by atoms with E-state index in [1.165, 1.54) is 0 Å². The van der Waals surface area contributed by atoms with E-state index in [9.17, 15) is 9.59 Å². The molecule has 1 atom stereocenters. The summed E-state index contributed by atoms with van der Waals surface area (Å²) in [4.78, 5) is 25.0. The summed E-state index contributed by atoms with van der Waals surface area (Å²) < 4.78 is 1.99. The fraction of sp³-hybridized carbons (Fsp3) is 0.444. The molecule has 2 aromatic carbocycles. The Balaban J connectivity index is 1.67. The van der Waals surface area contributed by atoms with Gasteiger partial charge in [0.05, 0.1) is 12.1 Å². The van der Waals surface area contributed by atoms with Gasteiger partial charge in [0.25, 0.3) is 5.91 Å². The molecule has 6 nitrogen and oxygen atoms in total. The van der Waals surface area contributed by atoms with E-state index in [1.807, 2.05) is 29.9 Å². The van der Waals surface area contributed by atoms with Gasteiger partial charge in [0, 0.05) is 47.2 Å². The maximum Gasteiger partial charge on any atom is 0.251 e. The molecule has 182 valence electrons. The predicted octanol–water partition coefficient (Wildman–Crippen LogP) is 5.44. The highest BCUT2D eigenvalue weighted by Gasteiger charge is 2.17. The minimum Gasteiger partial charge on any atom is -0.395 e. The Hall–Kier alpha value is -2.70. The molecule has 0 saturated heterocycles. The Kier molecular flexibility index (Phi) is 9.66. The van der Waals surface area contributed by atoms with E-state index in [2.05, 4.69) is 12.2 Å². The van der Waals surface area contributed by atoms with Crippen LogP contribution in [0.25, 0.3) is 10.9 Å². The second-order valence-corrected chi connectivity index (χ2v) is 9.12. The number of amides is 1. The van der Waals surface area contributed by atoms with Crippen LogP contribution in [0.5, 0.6) is 0 Å². The third-order valence-electron chi connectivity index (χ3n) is 6.17. The standard InChI is InChI=1S/C27H34ClN3O3/c1-3-6-19(7-5-8-26(33)20-9-11-21(28)12-10-20)17-31-18-24-22(4-2)23(13-14-25(24)30-31)27(34)29-15-16-32/h9-14,18-19,32H,3-8,15-17H2,1-2H3,(H,29,34). The maximum absolute atomic E-state index is 12.5. The summed E-state index contributed by atoms with van der Waals surface area (Å²) in [5.41, 5.74) is 3.19. The first-order valence-corrected chi connectivity index (χ1v) is 12.5. The summed E-state index contributed by atoms with van der Waals surface area (Å²) in [5.74, 6) is 0.404. The Morgan fingerprint density at radius 2 is 1.88 bits per heavy atom. The van der Waals surface area contributed by atoms with Gasteiger partial charge in [0.15, 0.2) is 5.78 Å². The van der Waals surface area contributed by atoms with Gasteiger partial charge in [0.1, 0.15) is 0 Å². The number of carbonyl (C=O) groups is 2. The summed E-state index contributed by atoms with van der Waals surface area (Å²) in [6, 6.07) is 10.8. The Morgan fingerprint density at radius 3 is 2.56 bits per heavy atom. The molecule has 1 aromatic heterocycles. The molecule has 0 fully saturated rings. The number of nitrogens with zero attached hydrogens (tertiary/aromatic N) is 2. The molecule has 1 amide bonds. The first-order valence-electron chi connectivity index (χ1n) is 12.1. The molecule has 3 aromatic rings. The second kappa shape index (κ2) is 12.7. The number of hydrogen-bond acceptors (Lipinski definition) is 4. The fourth-order valence-corrected chi connectivity index (χ4v) is 4.61. The summed E-state index contributed by atoms with van der Waals surface area (Å²) in [7, 11) is 0. The molecule has 0 aliphatic heterocycles. The lowest BCUT2D eigenvalue weighted by atomic mass is 9.95. The third-order valence-corrected chi connectivity index (χ3v) is 6.42. The van der Waals surface area contributed by atoms with Crippen LogP contribution in [0.15, 0.2) is 42.6 Å². The lowest BCUT2D eigenvalue weighted by Crippen LogP contribution is -2.27. The van der Waals surface area contributed by atoms with Gasteiger partial charge in [0.2, 0.25) is 0 Å². The van der Waals surface area contributed by atoms with Crippen molar-refractivity contribution in [2.45, 2.75) is 58.9 Å². The SMILES string of the molecule is CCCC(CCCC(=O)c1ccc(Cl)cc1)Cn1cc2c(CC)c(C(=O)NCCO)ccc2n1. The third kappa shape index (κ3) is 6.67. The number of carbonyl (C=O) groups excluding carboxylic acids is 2. The van der Waals surface area contributed by atoms with Crippen LogP contribution < -0.4 is 5.32 Å². The van der Waals surface area contributed by atoms with Gasteiger partial charge < -0.3 is 10.4 Å². The molecule has 0 aliphatic carbocycles. The number of aromatic nitrogens is 2. The molecular formula is C27H34ClN3O3. The average Bonchev–Trinajstić information content (AvgIpc) is 3.24. The van der Waals surface area contributed by atoms with Crippen molar-refractivity contribution in [2.75, 3.05) is 13.2 Å². The first kappa shape index (κ1) is 25.9. The zero-order chi connectivity index (χ0) is 24.5. The number of aryl methyl sites for hydroxylation is 1. The lowest BCUT2D eigenvalue weighted by molar-refractivity contribution is 0.0942. The number of benzene rings is 2. The average molecular weight is 484 g/mol. The van der Waals surface area contributed by atoms with E-state index in [-0.39, 0.29) is 24.8 Å². The normalized spacial score (nSPS) is 12.1. The van der Waals surface area contributed by atoms with Gasteiger partial charge >= 0.3 is 0 Å². The van der Waals surface area contributed by atoms with E-state index in [1.54, 1.807) is 24.3 Å². The zero-order valence-electron chi connectivity index (χ0n) is 20.0. The summed E-state index contributed by atoms with van der Waals surface area (Å²) in [6.45, 7) is 5.15. The first-order chi connectivity index (χ1) is 16.5. The molecule has 1 unspecified atom stereocenters. The molecule has 1 heterocycles. The molecular weight excluding hydrogens is 450 g/mol. The molecule has 0 spiro atoms. The van der Waals surface area contributed by atoms with E-state index in [0.717, 1.165) is 55.1 Å². The number of fused-ring (bicyclic) bond motifs is 1. The maximum atomic E-state index is 12.5. The van der Waals surface area contributed by atoms with Gasteiger partial charge in [-0.05, 0) is 73.6 Å². The van der Waals surface area contributed by atoms with Crippen molar-refractivity contribution in [3.63, 3.8) is 0 Å². The molecule has 7 heteroatoms. The number of aliphatic hydroxyl groups is 1. The highest BCUT2D eigenvalue weighted by molar-refractivity contribution is 6.30. The van der Waals surface area contributed by atoms with Crippen LogP contribution in [0.4, 0.5) is 0 Å². The summed E-state index contributed by atoms with van der Waals surface area (Å²) in [6.07, 6.45) is 7.22. The van der Waals surface area contributed by atoms with Crippen molar-refractivity contribution in [3.8, 4) is 0 Å². The predicted molar refractivity (Wildman–Crippen MR) is 137 cm³/mol. The van der Waals surface area contributed by atoms with Crippen molar-refractivity contribution in [1.29, 1.82) is 0 Å². The molecule has 2 N–H and O–H groups in total. The largest absolute Gasteiger partial charge is 0.395 e. The van der Waals surface area contributed by atoms with Crippen LogP contribution >= 0.6 is 11.6 Å². The van der Waals surface area contributed by atoms with Crippen molar-refractivity contribution in [3.05, 3.63) is 64.3 Å². The highest BCUT2D eigenvalue weighted by atomic mass is 35.5. The van der Waals surface area contributed by atoms with Crippen molar-refractivity contribution in [1.82, 2.24) is 15.1 Å². The summed E-state index contributed by atoms with van der Waals surface area (Å²) >= 11 is 5.92.